The van der Waals surface area contributed by atoms with Crippen molar-refractivity contribution in [3.05, 3.63) is 64.8 Å². The fraction of sp³-hybridized carbons (Fsp3) is 0.613. The number of aliphatic hydroxyl groups excluding tert-OH is 2. The van der Waals surface area contributed by atoms with Crippen LogP contribution < -0.4 is 10.1 Å². The van der Waals surface area contributed by atoms with Crippen LogP contribution in [0, 0.1) is 22.0 Å². The molecule has 45 heavy (non-hydrogen) atoms. The van der Waals surface area contributed by atoms with Gasteiger partial charge in [-0.05, 0) is 62.7 Å². The molecule has 1 aliphatic carbocycles. The fourth-order valence-corrected chi connectivity index (χ4v) is 4.74. The lowest BCUT2D eigenvalue weighted by molar-refractivity contribution is -0.757. The number of aliphatic hydroxyl groups is 2. The van der Waals surface area contributed by atoms with Gasteiger partial charge in [0.1, 0.15) is 12.4 Å². The Morgan fingerprint density at radius 1 is 1.00 bits per heavy atom. The monoisotopic (exact) mass is 642 g/mol. The molecular formula is C31H44F2N2O10. The number of nitrogens with one attached hydrogen (secondary N) is 1. The zero-order valence-corrected chi connectivity index (χ0v) is 25.3. The SMILES string of the molecule is O=C(CCCC=CC[C@@H]1[C@@H](C=CC(F)(F)COc2ccccc2)[C@H](O)C[C@@H]1O)OCCNC(=O)OCCCCCCO[N+](=O)[O-]. The summed E-state index contributed by atoms with van der Waals surface area (Å²) in [6.07, 6.45) is 7.57. The van der Waals surface area contributed by atoms with Gasteiger partial charge in [0.2, 0.25) is 0 Å². The number of hydrogen-bond donors (Lipinski definition) is 3. The molecular weight excluding hydrogens is 598 g/mol. The third-order valence-electron chi connectivity index (χ3n) is 7.08. The van der Waals surface area contributed by atoms with Crippen molar-refractivity contribution < 1.29 is 52.7 Å². The normalized spacial score (nSPS) is 19.9. The summed E-state index contributed by atoms with van der Waals surface area (Å²) in [6, 6.07) is 8.29. The number of rotatable bonds is 22. The number of alkyl halides is 2. The van der Waals surface area contributed by atoms with Crippen LogP contribution in [0.2, 0.25) is 0 Å². The molecule has 4 atom stereocenters. The number of para-hydroxylation sites is 1. The van der Waals surface area contributed by atoms with E-state index >= 15 is 0 Å². The molecule has 0 saturated heterocycles. The van der Waals surface area contributed by atoms with Gasteiger partial charge in [-0.3, -0.25) is 4.79 Å². The number of alkyl carbamates (subject to hydrolysis) is 1. The first-order valence-corrected chi connectivity index (χ1v) is 15.2. The predicted octanol–water partition coefficient (Wildman–Crippen LogP) is 4.77. The topological polar surface area (TPSA) is 167 Å². The average molecular weight is 643 g/mol. The van der Waals surface area contributed by atoms with E-state index in [2.05, 4.69) is 10.2 Å². The van der Waals surface area contributed by atoms with E-state index in [9.17, 15) is 38.7 Å². The first kappa shape index (κ1) is 37.4. The number of benzene rings is 1. The van der Waals surface area contributed by atoms with Crippen LogP contribution in [0.4, 0.5) is 13.6 Å². The Bertz CT molecular complexity index is 1070. The molecule has 0 spiro atoms. The molecule has 0 unspecified atom stereocenters. The van der Waals surface area contributed by atoms with Crippen LogP contribution in [0.3, 0.4) is 0 Å². The maximum absolute atomic E-state index is 14.4. The van der Waals surface area contributed by atoms with Crippen LogP contribution in [-0.2, 0) is 19.1 Å². The molecule has 252 valence electrons. The van der Waals surface area contributed by atoms with Gasteiger partial charge < -0.3 is 34.6 Å². The van der Waals surface area contributed by atoms with E-state index in [-0.39, 0.29) is 39.2 Å². The number of amides is 1. The van der Waals surface area contributed by atoms with Gasteiger partial charge in [0, 0.05) is 18.8 Å². The number of allylic oxidation sites excluding steroid dienone is 2. The zero-order chi connectivity index (χ0) is 32.9. The molecule has 0 aromatic heterocycles. The molecule has 1 aromatic rings. The van der Waals surface area contributed by atoms with Gasteiger partial charge in [-0.25, -0.2) is 4.79 Å². The summed E-state index contributed by atoms with van der Waals surface area (Å²) in [6.45, 7) is -0.507. The highest BCUT2D eigenvalue weighted by atomic mass is 19.3. The number of ether oxygens (including phenoxy) is 3. The van der Waals surface area contributed by atoms with Crippen molar-refractivity contribution >= 4 is 12.1 Å². The Hall–Kier alpha value is -3.78. The Morgan fingerprint density at radius 2 is 1.73 bits per heavy atom. The maximum atomic E-state index is 14.4. The summed E-state index contributed by atoms with van der Waals surface area (Å²) in [5.41, 5.74) is 0. The van der Waals surface area contributed by atoms with Gasteiger partial charge in [0.05, 0.1) is 32.0 Å². The highest BCUT2D eigenvalue weighted by Gasteiger charge is 2.40. The van der Waals surface area contributed by atoms with Crippen molar-refractivity contribution in [2.24, 2.45) is 11.8 Å². The molecule has 1 fully saturated rings. The second kappa shape index (κ2) is 21.0. The van der Waals surface area contributed by atoms with E-state index in [1.165, 1.54) is 6.08 Å². The molecule has 0 bridgehead atoms. The molecule has 1 aliphatic rings. The summed E-state index contributed by atoms with van der Waals surface area (Å²) in [5, 5.41) is 32.4. The molecule has 0 aliphatic heterocycles. The third kappa shape index (κ3) is 16.8. The number of nitrogens with zero attached hydrogens (tertiary/aromatic N) is 1. The Morgan fingerprint density at radius 3 is 2.47 bits per heavy atom. The van der Waals surface area contributed by atoms with Crippen LogP contribution >= 0.6 is 0 Å². The standard InChI is InChI=1S/C31H44F2N2O10/c32-31(33,23-44-24-12-6-5-7-13-24)17-16-26-25(27(36)22-28(26)37)14-8-1-2-9-15-29(38)42-21-18-34-30(39)43-19-10-3-4-11-20-45-35(40)41/h1,5-8,12-13,16-17,25-28,36-37H,2-4,9-11,14-15,18-23H2,(H,34,39)/t25-,26-,27+,28-/m1/s1. The number of unbranched alkanes of at least 4 members (excludes halogenated alkanes) is 4. The summed E-state index contributed by atoms with van der Waals surface area (Å²) >= 11 is 0. The summed E-state index contributed by atoms with van der Waals surface area (Å²) < 4.78 is 44.0. The molecule has 0 heterocycles. The van der Waals surface area contributed by atoms with E-state index < -0.39 is 53.7 Å². The third-order valence-corrected chi connectivity index (χ3v) is 7.08. The molecule has 3 N–H and O–H groups in total. The van der Waals surface area contributed by atoms with Gasteiger partial charge in [0.15, 0.2) is 6.61 Å². The van der Waals surface area contributed by atoms with Crippen molar-refractivity contribution in [2.45, 2.75) is 75.9 Å². The van der Waals surface area contributed by atoms with E-state index in [4.69, 9.17) is 14.2 Å². The Labute approximate surface area is 261 Å². The van der Waals surface area contributed by atoms with Crippen LogP contribution in [-0.4, -0.2) is 78.5 Å². The fourth-order valence-electron chi connectivity index (χ4n) is 4.74. The van der Waals surface area contributed by atoms with Crippen molar-refractivity contribution in [3.8, 4) is 5.75 Å². The minimum atomic E-state index is -3.25. The van der Waals surface area contributed by atoms with Gasteiger partial charge in [0.25, 0.3) is 11.0 Å². The van der Waals surface area contributed by atoms with Crippen molar-refractivity contribution in [1.29, 1.82) is 0 Å². The number of halogens is 2. The average Bonchev–Trinajstić information content (AvgIpc) is 3.28. The number of carbonyl (C=O) groups is 2. The van der Waals surface area contributed by atoms with Gasteiger partial charge >= 0.3 is 12.1 Å². The zero-order valence-electron chi connectivity index (χ0n) is 25.3. The molecule has 1 amide bonds. The molecule has 1 aromatic carbocycles. The Kier molecular flexibility index (Phi) is 17.5. The lowest BCUT2D eigenvalue weighted by atomic mass is 9.89. The quantitative estimate of drug-likeness (QED) is 0.0527. The van der Waals surface area contributed by atoms with Crippen LogP contribution in [0.25, 0.3) is 0 Å². The smallest absolute Gasteiger partial charge is 0.407 e. The van der Waals surface area contributed by atoms with E-state index in [1.54, 1.807) is 30.3 Å². The van der Waals surface area contributed by atoms with Crippen molar-refractivity contribution in [3.63, 3.8) is 0 Å². The van der Waals surface area contributed by atoms with Crippen LogP contribution in [0.5, 0.6) is 5.75 Å². The van der Waals surface area contributed by atoms with Gasteiger partial charge in [-0.15, -0.1) is 10.1 Å². The van der Waals surface area contributed by atoms with Crippen molar-refractivity contribution in [2.75, 3.05) is 33.0 Å². The van der Waals surface area contributed by atoms with Crippen LogP contribution in [0.1, 0.15) is 57.8 Å². The maximum Gasteiger partial charge on any atom is 0.407 e. The predicted molar refractivity (Wildman–Crippen MR) is 159 cm³/mol. The van der Waals surface area contributed by atoms with Crippen molar-refractivity contribution in [1.82, 2.24) is 5.32 Å². The highest BCUT2D eigenvalue weighted by molar-refractivity contribution is 5.69. The van der Waals surface area contributed by atoms with Gasteiger partial charge in [-0.1, -0.05) is 42.8 Å². The lowest BCUT2D eigenvalue weighted by Crippen LogP contribution is -2.28. The molecule has 14 heteroatoms. The van der Waals surface area contributed by atoms with Crippen LogP contribution in [0.15, 0.2) is 54.6 Å². The largest absolute Gasteiger partial charge is 0.487 e. The molecule has 2 rings (SSSR count). The summed E-state index contributed by atoms with van der Waals surface area (Å²) in [7, 11) is 0. The minimum absolute atomic E-state index is 0.00551. The lowest BCUT2D eigenvalue weighted by Gasteiger charge is -2.20. The summed E-state index contributed by atoms with van der Waals surface area (Å²) in [4.78, 5) is 37.8. The van der Waals surface area contributed by atoms with E-state index in [0.29, 0.717) is 44.3 Å². The minimum Gasteiger partial charge on any atom is -0.487 e. The number of esters is 1. The number of hydrogen-bond acceptors (Lipinski definition) is 10. The van der Waals surface area contributed by atoms with E-state index in [1.807, 2.05) is 12.2 Å². The van der Waals surface area contributed by atoms with E-state index in [0.717, 1.165) is 12.5 Å². The second-order valence-corrected chi connectivity index (χ2v) is 10.7. The second-order valence-electron chi connectivity index (χ2n) is 10.7. The van der Waals surface area contributed by atoms with Gasteiger partial charge in [-0.2, -0.15) is 8.78 Å². The number of carbonyl (C=O) groups excluding carboxylic acids is 2. The molecule has 0 radical (unpaired) electrons. The first-order valence-electron chi connectivity index (χ1n) is 15.2. The highest BCUT2D eigenvalue weighted by Crippen LogP contribution is 2.37. The molecule has 1 saturated carbocycles. The first-order chi connectivity index (χ1) is 21.6. The summed E-state index contributed by atoms with van der Waals surface area (Å²) in [5.74, 6) is -4.40. The Balaban J connectivity index is 1.55. The molecule has 12 nitrogen and oxygen atoms in total.